The second kappa shape index (κ2) is 5.92. The summed E-state index contributed by atoms with van der Waals surface area (Å²) < 4.78 is 11.3. The van der Waals surface area contributed by atoms with Crippen molar-refractivity contribution in [3.8, 4) is 11.5 Å². The first-order valence-corrected chi connectivity index (χ1v) is 7.99. The van der Waals surface area contributed by atoms with Crippen molar-refractivity contribution < 1.29 is 14.3 Å². The van der Waals surface area contributed by atoms with Crippen molar-refractivity contribution in [3.05, 3.63) is 54.2 Å². The molecule has 1 aliphatic heterocycles. The van der Waals surface area contributed by atoms with Crippen LogP contribution >= 0.6 is 0 Å². The van der Waals surface area contributed by atoms with E-state index in [1.54, 1.807) is 6.20 Å². The molecule has 5 nitrogen and oxygen atoms in total. The fourth-order valence-corrected chi connectivity index (χ4v) is 2.99. The Labute approximate surface area is 139 Å². The average Bonchev–Trinajstić information content (AvgIpc) is 3.05. The zero-order chi connectivity index (χ0) is 16.5. The largest absolute Gasteiger partial charge is 0.486 e. The van der Waals surface area contributed by atoms with E-state index in [-0.39, 0.29) is 11.8 Å². The lowest BCUT2D eigenvalue weighted by molar-refractivity contribution is 0.0977. The first kappa shape index (κ1) is 14.6. The van der Waals surface area contributed by atoms with E-state index in [4.69, 9.17) is 9.47 Å². The number of para-hydroxylation sites is 2. The van der Waals surface area contributed by atoms with Gasteiger partial charge in [-0.05, 0) is 25.1 Å². The maximum Gasteiger partial charge on any atom is 0.186 e. The molecule has 0 amide bonds. The number of rotatable bonds is 4. The minimum atomic E-state index is -0.388. The Hall–Kier alpha value is -2.95. The fourth-order valence-electron chi connectivity index (χ4n) is 2.99. The number of anilines is 1. The molecule has 3 aromatic rings. The number of aromatic nitrogens is 1. The van der Waals surface area contributed by atoms with Crippen molar-refractivity contribution in [2.75, 3.05) is 18.5 Å². The molecule has 2 aromatic carbocycles. The standard InChI is InChI=1S/C19H18N2O3/c1-12(18(22)14-11-20-15-6-3-2-5-13(14)15)21-16-7-4-8-17-19(16)24-10-9-23-17/h2-8,11-12,20-21H,9-10H2,1H3/t12-/m1/s1. The van der Waals surface area contributed by atoms with Crippen LogP contribution in [0.3, 0.4) is 0 Å². The number of carbonyl (C=O) groups excluding carboxylic acids is 1. The third kappa shape index (κ3) is 2.48. The van der Waals surface area contributed by atoms with E-state index in [1.165, 1.54) is 0 Å². The molecular weight excluding hydrogens is 304 g/mol. The van der Waals surface area contributed by atoms with Gasteiger partial charge in [0.25, 0.3) is 0 Å². The molecule has 0 aliphatic carbocycles. The smallest absolute Gasteiger partial charge is 0.186 e. The Bertz CT molecular complexity index is 901. The number of benzene rings is 2. The molecule has 0 saturated carbocycles. The molecule has 24 heavy (non-hydrogen) atoms. The predicted octanol–water partition coefficient (Wildman–Crippen LogP) is 3.62. The Balaban J connectivity index is 1.60. The molecule has 1 aromatic heterocycles. The van der Waals surface area contributed by atoms with Gasteiger partial charge < -0.3 is 19.8 Å². The van der Waals surface area contributed by atoms with Crippen LogP contribution in [0, 0.1) is 0 Å². The molecule has 1 aliphatic rings. The summed E-state index contributed by atoms with van der Waals surface area (Å²) in [5.41, 5.74) is 2.42. The van der Waals surface area contributed by atoms with Gasteiger partial charge >= 0.3 is 0 Å². The molecule has 5 heteroatoms. The summed E-state index contributed by atoms with van der Waals surface area (Å²) in [6.07, 6.45) is 1.77. The highest BCUT2D eigenvalue weighted by Gasteiger charge is 2.22. The normalized spacial score (nSPS) is 14.4. The third-order valence-corrected chi connectivity index (χ3v) is 4.19. The first-order chi connectivity index (χ1) is 11.7. The van der Waals surface area contributed by atoms with Crippen LogP contribution in [0.2, 0.25) is 0 Å². The van der Waals surface area contributed by atoms with Gasteiger partial charge in [0, 0.05) is 22.7 Å². The Morgan fingerprint density at radius 2 is 1.96 bits per heavy atom. The molecule has 0 spiro atoms. The molecule has 2 heterocycles. The van der Waals surface area contributed by atoms with Gasteiger partial charge in [0.15, 0.2) is 17.3 Å². The van der Waals surface area contributed by atoms with Gasteiger partial charge in [0.1, 0.15) is 13.2 Å². The summed E-state index contributed by atoms with van der Waals surface area (Å²) in [4.78, 5) is 16.0. The lowest BCUT2D eigenvalue weighted by Gasteiger charge is -2.23. The monoisotopic (exact) mass is 322 g/mol. The number of ketones is 1. The van der Waals surface area contributed by atoms with Gasteiger partial charge in [-0.2, -0.15) is 0 Å². The van der Waals surface area contributed by atoms with Crippen LogP contribution < -0.4 is 14.8 Å². The number of hydrogen-bond donors (Lipinski definition) is 2. The summed E-state index contributed by atoms with van der Waals surface area (Å²) in [5, 5.41) is 4.19. The topological polar surface area (TPSA) is 63.4 Å². The highest BCUT2D eigenvalue weighted by molar-refractivity contribution is 6.11. The maximum atomic E-state index is 12.8. The van der Waals surface area contributed by atoms with E-state index < -0.39 is 0 Å². The molecule has 0 unspecified atom stereocenters. The lowest BCUT2D eigenvalue weighted by Crippen LogP contribution is -2.27. The summed E-state index contributed by atoms with van der Waals surface area (Å²) in [6.45, 7) is 2.91. The molecule has 2 N–H and O–H groups in total. The summed E-state index contributed by atoms with van der Waals surface area (Å²) in [7, 11) is 0. The molecule has 1 atom stereocenters. The first-order valence-electron chi connectivity index (χ1n) is 7.99. The van der Waals surface area contributed by atoms with Crippen LogP contribution in [0.25, 0.3) is 10.9 Å². The van der Waals surface area contributed by atoms with Crippen molar-refractivity contribution >= 4 is 22.4 Å². The molecule has 0 bridgehead atoms. The van der Waals surface area contributed by atoms with E-state index in [0.717, 1.165) is 16.6 Å². The van der Waals surface area contributed by atoms with E-state index in [0.29, 0.717) is 30.3 Å². The second-order valence-electron chi connectivity index (χ2n) is 5.81. The van der Waals surface area contributed by atoms with Crippen LogP contribution in [0.5, 0.6) is 11.5 Å². The van der Waals surface area contributed by atoms with Gasteiger partial charge in [0.05, 0.1) is 11.7 Å². The fraction of sp³-hybridized carbons (Fsp3) is 0.211. The molecular formula is C19H18N2O3. The second-order valence-corrected chi connectivity index (χ2v) is 5.81. The number of fused-ring (bicyclic) bond motifs is 2. The van der Waals surface area contributed by atoms with Crippen LogP contribution in [0.15, 0.2) is 48.7 Å². The van der Waals surface area contributed by atoms with Gasteiger partial charge in [-0.1, -0.05) is 24.3 Å². The number of nitrogens with one attached hydrogen (secondary N) is 2. The quantitative estimate of drug-likeness (QED) is 0.720. The average molecular weight is 322 g/mol. The summed E-state index contributed by atoms with van der Waals surface area (Å²) >= 11 is 0. The van der Waals surface area contributed by atoms with Crippen LogP contribution in [-0.2, 0) is 0 Å². The van der Waals surface area contributed by atoms with Crippen molar-refractivity contribution in [1.29, 1.82) is 0 Å². The van der Waals surface area contributed by atoms with Gasteiger partial charge in [-0.25, -0.2) is 0 Å². The number of aromatic amines is 1. The SMILES string of the molecule is C[C@@H](Nc1cccc2c1OCCO2)C(=O)c1c[nH]c2ccccc12. The van der Waals surface area contributed by atoms with E-state index in [2.05, 4.69) is 10.3 Å². The molecule has 0 saturated heterocycles. The van der Waals surface area contributed by atoms with Crippen molar-refractivity contribution in [2.45, 2.75) is 13.0 Å². The van der Waals surface area contributed by atoms with Gasteiger partial charge in [-0.15, -0.1) is 0 Å². The maximum absolute atomic E-state index is 12.8. The Kier molecular flexibility index (Phi) is 3.61. The zero-order valence-electron chi connectivity index (χ0n) is 13.3. The lowest BCUT2D eigenvalue weighted by atomic mass is 10.0. The minimum absolute atomic E-state index is 0.0294. The Morgan fingerprint density at radius 3 is 2.88 bits per heavy atom. The van der Waals surface area contributed by atoms with E-state index in [1.807, 2.05) is 49.4 Å². The third-order valence-electron chi connectivity index (χ3n) is 4.19. The summed E-state index contributed by atoms with van der Waals surface area (Å²) in [5.74, 6) is 1.40. The van der Waals surface area contributed by atoms with Crippen molar-refractivity contribution in [2.24, 2.45) is 0 Å². The number of H-pyrrole nitrogens is 1. The number of ether oxygens (including phenoxy) is 2. The zero-order valence-corrected chi connectivity index (χ0v) is 13.3. The van der Waals surface area contributed by atoms with E-state index in [9.17, 15) is 4.79 Å². The highest BCUT2D eigenvalue weighted by Crippen LogP contribution is 2.37. The molecule has 4 rings (SSSR count). The minimum Gasteiger partial charge on any atom is -0.486 e. The number of carbonyl (C=O) groups is 1. The van der Waals surface area contributed by atoms with Crippen LogP contribution in [-0.4, -0.2) is 30.0 Å². The molecule has 0 fully saturated rings. The van der Waals surface area contributed by atoms with Crippen molar-refractivity contribution in [1.82, 2.24) is 4.98 Å². The van der Waals surface area contributed by atoms with Crippen LogP contribution in [0.1, 0.15) is 17.3 Å². The Morgan fingerprint density at radius 1 is 1.12 bits per heavy atom. The number of hydrogen-bond acceptors (Lipinski definition) is 4. The number of Topliss-reactive ketones (excluding diaryl/α,β-unsaturated/α-hetero) is 1. The predicted molar refractivity (Wildman–Crippen MR) is 93.1 cm³/mol. The van der Waals surface area contributed by atoms with E-state index >= 15 is 0 Å². The summed E-state index contributed by atoms with van der Waals surface area (Å²) in [6, 6.07) is 13.1. The van der Waals surface area contributed by atoms with Crippen molar-refractivity contribution in [3.63, 3.8) is 0 Å². The molecule has 0 radical (unpaired) electrons. The van der Waals surface area contributed by atoms with Gasteiger partial charge in [0.2, 0.25) is 0 Å². The molecule has 122 valence electrons. The van der Waals surface area contributed by atoms with Gasteiger partial charge in [-0.3, -0.25) is 4.79 Å². The highest BCUT2D eigenvalue weighted by atomic mass is 16.6. The van der Waals surface area contributed by atoms with Crippen LogP contribution in [0.4, 0.5) is 5.69 Å².